The van der Waals surface area contributed by atoms with Crippen LogP contribution >= 0.6 is 0 Å². The van der Waals surface area contributed by atoms with Crippen molar-refractivity contribution in [3.05, 3.63) is 89.6 Å². The minimum atomic E-state index is -4.28. The van der Waals surface area contributed by atoms with E-state index in [1.54, 1.807) is 0 Å². The van der Waals surface area contributed by atoms with Crippen LogP contribution in [0, 0.1) is 0 Å². The van der Waals surface area contributed by atoms with Crippen molar-refractivity contribution in [2.45, 2.75) is 11.4 Å². The third kappa shape index (κ3) is 6.37. The molecule has 0 fully saturated rings. The van der Waals surface area contributed by atoms with E-state index in [-0.39, 0.29) is 28.4 Å². The van der Waals surface area contributed by atoms with Crippen molar-refractivity contribution in [2.24, 2.45) is 0 Å². The van der Waals surface area contributed by atoms with Gasteiger partial charge >= 0.3 is 6.16 Å². The summed E-state index contributed by atoms with van der Waals surface area (Å²) in [6, 6.07) is 16.9. The zero-order chi connectivity index (χ0) is 23.8. The van der Waals surface area contributed by atoms with E-state index in [2.05, 4.69) is 15.0 Å². The van der Waals surface area contributed by atoms with E-state index in [1.807, 2.05) is 35.1 Å². The molecule has 0 bridgehead atoms. The topological polar surface area (TPSA) is 141 Å². The van der Waals surface area contributed by atoms with Crippen molar-refractivity contribution >= 4 is 28.0 Å². The number of rotatable bonds is 7. The molecule has 170 valence electrons. The van der Waals surface area contributed by atoms with Gasteiger partial charge < -0.3 is 14.8 Å². The second kappa shape index (κ2) is 10.4. The Balaban J connectivity index is 1.67. The summed E-state index contributed by atoms with van der Waals surface area (Å²) >= 11 is 0. The Bertz CT molecular complexity index is 1260. The quantitative estimate of drug-likeness (QED) is 0.502. The fourth-order valence-electron chi connectivity index (χ4n) is 2.63. The molecule has 0 saturated heterocycles. The Morgan fingerprint density at radius 2 is 1.67 bits per heavy atom. The van der Waals surface area contributed by atoms with E-state index >= 15 is 0 Å². The normalized spacial score (nSPS) is 10.7. The van der Waals surface area contributed by atoms with Gasteiger partial charge in [-0.05, 0) is 29.8 Å². The molecule has 2 aromatic carbocycles. The van der Waals surface area contributed by atoms with Crippen molar-refractivity contribution in [2.75, 3.05) is 7.11 Å². The van der Waals surface area contributed by atoms with Crippen molar-refractivity contribution in [3.8, 4) is 5.88 Å². The van der Waals surface area contributed by atoms with Crippen molar-refractivity contribution in [3.63, 3.8) is 0 Å². The summed E-state index contributed by atoms with van der Waals surface area (Å²) in [7, 11) is -3.15. The second-order valence-corrected chi connectivity index (χ2v) is 8.25. The molecule has 1 heterocycles. The van der Waals surface area contributed by atoms with E-state index in [0.717, 1.165) is 18.9 Å². The number of hydrogen-bond acceptors (Lipinski definition) is 8. The highest BCUT2D eigenvalue weighted by atomic mass is 32.2. The molecule has 3 aromatic rings. The first-order valence-corrected chi connectivity index (χ1v) is 11.0. The largest absolute Gasteiger partial charge is 0.514 e. The molecule has 0 aliphatic rings. The zero-order valence-corrected chi connectivity index (χ0v) is 18.2. The Morgan fingerprint density at radius 3 is 2.33 bits per heavy atom. The van der Waals surface area contributed by atoms with Gasteiger partial charge in [0.05, 0.1) is 17.6 Å². The third-order valence-electron chi connectivity index (χ3n) is 4.28. The van der Waals surface area contributed by atoms with Gasteiger partial charge in [0.2, 0.25) is 5.88 Å². The number of methoxy groups -OCH3 is 1. The monoisotopic (exact) mass is 469 g/mol. The number of hydrogen-bond donors (Lipinski definition) is 2. The molecule has 2 amide bonds. The van der Waals surface area contributed by atoms with Crippen LogP contribution in [0.25, 0.3) is 0 Å². The lowest BCUT2D eigenvalue weighted by Gasteiger charge is -2.09. The highest BCUT2D eigenvalue weighted by molar-refractivity contribution is 7.90. The molecule has 0 unspecified atom stereocenters. The molecule has 10 nitrogen and oxygen atoms in total. The number of nitrogens with one attached hydrogen (secondary N) is 2. The molecule has 0 spiro atoms. The summed E-state index contributed by atoms with van der Waals surface area (Å²) in [5.41, 5.74) is 0.915. The molecule has 0 atom stereocenters. The smallest absolute Gasteiger partial charge is 0.437 e. The summed E-state index contributed by atoms with van der Waals surface area (Å²) in [6.45, 7) is 0.274. The Labute approximate surface area is 189 Å². The first kappa shape index (κ1) is 23.4. The summed E-state index contributed by atoms with van der Waals surface area (Å²) in [4.78, 5) is 39.3. The van der Waals surface area contributed by atoms with Crippen LogP contribution in [0.15, 0.2) is 77.8 Å². The minimum absolute atomic E-state index is 0.0902. The van der Waals surface area contributed by atoms with Crippen LogP contribution in [-0.2, 0) is 21.3 Å². The number of carbonyl (C=O) groups excluding carboxylic acids is 3. The molecule has 2 N–H and O–H groups in total. The molecule has 33 heavy (non-hydrogen) atoms. The molecule has 0 aliphatic heterocycles. The van der Waals surface area contributed by atoms with E-state index in [4.69, 9.17) is 4.74 Å². The molecule has 11 heteroatoms. The standard InChI is InChI=1S/C22H19N3O7S/c1-31-22(28)32-19-11-10-17(14-23-19)21(27)25-33(29,30)18-9-5-8-16(12-18)20(26)24-13-15-6-3-2-4-7-15/h2-12,14H,13H2,1H3,(H,24,26)(H,25,27). The average Bonchev–Trinajstić information content (AvgIpc) is 2.83. The summed E-state index contributed by atoms with van der Waals surface area (Å²) in [5.74, 6) is -1.55. The van der Waals surface area contributed by atoms with Crippen LogP contribution in [0.3, 0.4) is 0 Å². The van der Waals surface area contributed by atoms with E-state index in [9.17, 15) is 22.8 Å². The van der Waals surface area contributed by atoms with E-state index in [0.29, 0.717) is 0 Å². The van der Waals surface area contributed by atoms with Crippen LogP contribution in [-0.4, -0.2) is 38.5 Å². The number of pyridine rings is 1. The van der Waals surface area contributed by atoms with Gasteiger partial charge in [-0.2, -0.15) is 0 Å². The van der Waals surface area contributed by atoms with Crippen LogP contribution < -0.4 is 14.8 Å². The third-order valence-corrected chi connectivity index (χ3v) is 5.61. The maximum atomic E-state index is 12.7. The van der Waals surface area contributed by atoms with Gasteiger partial charge in [-0.15, -0.1) is 0 Å². The predicted octanol–water partition coefficient (Wildman–Crippen LogP) is 2.28. The summed E-state index contributed by atoms with van der Waals surface area (Å²) in [6.07, 6.45) is 0.0475. The number of carbonyl (C=O) groups is 3. The lowest BCUT2D eigenvalue weighted by molar-refractivity contribution is 0.0948. The number of nitrogens with zero attached hydrogens (tertiary/aromatic N) is 1. The minimum Gasteiger partial charge on any atom is -0.437 e. The van der Waals surface area contributed by atoms with Gasteiger partial charge in [-0.3, -0.25) is 9.59 Å². The lowest BCUT2D eigenvalue weighted by atomic mass is 10.2. The van der Waals surface area contributed by atoms with Crippen molar-refractivity contribution in [1.82, 2.24) is 15.0 Å². The van der Waals surface area contributed by atoms with Gasteiger partial charge in [0.25, 0.3) is 21.8 Å². The Kier molecular flexibility index (Phi) is 7.36. The molecular formula is C22H19N3O7S. The highest BCUT2D eigenvalue weighted by Crippen LogP contribution is 2.14. The lowest BCUT2D eigenvalue weighted by Crippen LogP contribution is -2.31. The van der Waals surface area contributed by atoms with Gasteiger partial charge in [0, 0.05) is 24.4 Å². The fourth-order valence-corrected chi connectivity index (χ4v) is 3.65. The van der Waals surface area contributed by atoms with Crippen molar-refractivity contribution in [1.29, 1.82) is 0 Å². The molecule has 0 radical (unpaired) electrons. The predicted molar refractivity (Wildman–Crippen MR) is 116 cm³/mol. The fraction of sp³-hybridized carbons (Fsp3) is 0.0909. The SMILES string of the molecule is COC(=O)Oc1ccc(C(=O)NS(=O)(=O)c2cccc(C(=O)NCc3ccccc3)c2)cn1. The number of benzene rings is 2. The molecule has 0 aliphatic carbocycles. The highest BCUT2D eigenvalue weighted by Gasteiger charge is 2.20. The summed E-state index contributed by atoms with van der Waals surface area (Å²) < 4.78 is 36.2. The molecular weight excluding hydrogens is 450 g/mol. The second-order valence-electron chi connectivity index (χ2n) is 6.57. The molecule has 0 saturated carbocycles. The number of aromatic nitrogens is 1. The first-order valence-electron chi connectivity index (χ1n) is 9.49. The van der Waals surface area contributed by atoms with Crippen molar-refractivity contribution < 1.29 is 32.3 Å². The van der Waals surface area contributed by atoms with Gasteiger partial charge in [-0.1, -0.05) is 36.4 Å². The maximum Gasteiger partial charge on any atom is 0.514 e. The first-order chi connectivity index (χ1) is 15.8. The number of ether oxygens (including phenoxy) is 2. The Hall–Kier alpha value is -4.25. The van der Waals surface area contributed by atoms with Crippen LogP contribution in [0.2, 0.25) is 0 Å². The zero-order valence-electron chi connectivity index (χ0n) is 17.3. The average molecular weight is 469 g/mol. The maximum absolute atomic E-state index is 12.7. The van der Waals surface area contributed by atoms with Crippen LogP contribution in [0.5, 0.6) is 5.88 Å². The van der Waals surface area contributed by atoms with Gasteiger partial charge in [0.15, 0.2) is 0 Å². The van der Waals surface area contributed by atoms with Crippen LogP contribution in [0.1, 0.15) is 26.3 Å². The van der Waals surface area contributed by atoms with Gasteiger partial charge in [0.1, 0.15) is 0 Å². The summed E-state index contributed by atoms with van der Waals surface area (Å²) in [5, 5.41) is 2.71. The Morgan fingerprint density at radius 1 is 0.909 bits per heavy atom. The number of amides is 2. The molecule has 1 aromatic heterocycles. The van der Waals surface area contributed by atoms with E-state index < -0.39 is 28.0 Å². The van der Waals surface area contributed by atoms with Gasteiger partial charge in [-0.25, -0.2) is 22.9 Å². The van der Waals surface area contributed by atoms with E-state index in [1.165, 1.54) is 36.4 Å². The molecule has 3 rings (SSSR count). The van der Waals surface area contributed by atoms with Crippen LogP contribution in [0.4, 0.5) is 4.79 Å². The number of sulfonamides is 1.